The number of likely N-dealkylation sites (tertiary alicyclic amines) is 1. The number of hydrogen-bond donors (Lipinski definition) is 2. The molecule has 1 fully saturated rings. The fourth-order valence-electron chi connectivity index (χ4n) is 2.23. The van der Waals surface area contributed by atoms with Crippen molar-refractivity contribution in [1.82, 2.24) is 14.6 Å². The standard InChI is InChI=1S/C11H19N3O3S2/c1-9-10(18-11(15)13-9)19(16,17)12-5-4-8-14-6-2-3-7-14/h12H,2-8H2,1H3,(H,13,15). The first-order chi connectivity index (χ1) is 8.99. The Bertz CT molecular complexity index is 570. The minimum Gasteiger partial charge on any atom is -0.315 e. The Hall–Kier alpha value is -0.700. The summed E-state index contributed by atoms with van der Waals surface area (Å²) in [6.07, 6.45) is 3.27. The van der Waals surface area contributed by atoms with Gasteiger partial charge in [0.2, 0.25) is 0 Å². The molecule has 0 saturated carbocycles. The molecule has 1 saturated heterocycles. The third-order valence-corrected chi connectivity index (χ3v) is 6.23. The summed E-state index contributed by atoms with van der Waals surface area (Å²) < 4.78 is 26.6. The Morgan fingerprint density at radius 3 is 2.63 bits per heavy atom. The van der Waals surface area contributed by atoms with Crippen LogP contribution in [-0.4, -0.2) is 44.5 Å². The highest BCUT2D eigenvalue weighted by molar-refractivity contribution is 7.91. The maximum atomic E-state index is 12.0. The van der Waals surface area contributed by atoms with Crippen LogP contribution in [-0.2, 0) is 10.0 Å². The number of aryl methyl sites for hydroxylation is 1. The Morgan fingerprint density at radius 2 is 2.05 bits per heavy atom. The molecule has 2 N–H and O–H groups in total. The quantitative estimate of drug-likeness (QED) is 0.750. The van der Waals surface area contributed by atoms with Gasteiger partial charge in [-0.15, -0.1) is 0 Å². The van der Waals surface area contributed by atoms with E-state index in [-0.39, 0.29) is 9.08 Å². The monoisotopic (exact) mass is 305 g/mol. The number of aromatic nitrogens is 1. The van der Waals surface area contributed by atoms with Gasteiger partial charge in [-0.2, -0.15) is 0 Å². The Labute approximate surface area is 116 Å². The number of hydrogen-bond acceptors (Lipinski definition) is 5. The van der Waals surface area contributed by atoms with Crippen LogP contribution in [0.1, 0.15) is 25.0 Å². The van der Waals surface area contributed by atoms with Crippen molar-refractivity contribution in [2.75, 3.05) is 26.2 Å². The third-order valence-electron chi connectivity index (χ3n) is 3.17. The zero-order valence-corrected chi connectivity index (χ0v) is 12.6. The molecule has 8 heteroatoms. The first kappa shape index (κ1) is 14.7. The summed E-state index contributed by atoms with van der Waals surface area (Å²) in [6, 6.07) is 0. The maximum Gasteiger partial charge on any atom is 0.305 e. The summed E-state index contributed by atoms with van der Waals surface area (Å²) in [5.41, 5.74) is 0.405. The first-order valence-electron chi connectivity index (χ1n) is 6.41. The third kappa shape index (κ3) is 3.88. The lowest BCUT2D eigenvalue weighted by atomic mass is 10.4. The zero-order chi connectivity index (χ0) is 13.9. The smallest absolute Gasteiger partial charge is 0.305 e. The molecule has 2 rings (SSSR count). The van der Waals surface area contributed by atoms with Gasteiger partial charge in [0, 0.05) is 12.2 Å². The lowest BCUT2D eigenvalue weighted by Gasteiger charge is -2.14. The van der Waals surface area contributed by atoms with Crippen molar-refractivity contribution in [3.05, 3.63) is 15.4 Å². The minimum absolute atomic E-state index is 0.0960. The summed E-state index contributed by atoms with van der Waals surface area (Å²) in [6.45, 7) is 5.16. The second-order valence-electron chi connectivity index (χ2n) is 4.73. The molecule has 0 amide bonds. The molecule has 2 heterocycles. The number of rotatable bonds is 6. The van der Waals surface area contributed by atoms with Crippen LogP contribution < -0.4 is 9.60 Å². The van der Waals surface area contributed by atoms with E-state index in [1.54, 1.807) is 6.92 Å². The van der Waals surface area contributed by atoms with Crippen molar-refractivity contribution in [3.63, 3.8) is 0 Å². The summed E-state index contributed by atoms with van der Waals surface area (Å²) in [7, 11) is -3.55. The Kier molecular flexibility index (Phi) is 4.77. The van der Waals surface area contributed by atoms with Crippen molar-refractivity contribution in [2.24, 2.45) is 0 Å². The highest BCUT2D eigenvalue weighted by Crippen LogP contribution is 2.15. The molecular formula is C11H19N3O3S2. The normalized spacial score (nSPS) is 17.1. The predicted octanol–water partition coefficient (Wildman–Crippen LogP) is 0.509. The van der Waals surface area contributed by atoms with E-state index < -0.39 is 10.0 Å². The van der Waals surface area contributed by atoms with Crippen molar-refractivity contribution < 1.29 is 8.42 Å². The largest absolute Gasteiger partial charge is 0.315 e. The van der Waals surface area contributed by atoms with E-state index in [1.165, 1.54) is 12.8 Å². The number of H-pyrrole nitrogens is 1. The average molecular weight is 305 g/mol. The van der Waals surface area contributed by atoms with Crippen LogP contribution in [0.3, 0.4) is 0 Å². The molecule has 0 unspecified atom stereocenters. The molecule has 19 heavy (non-hydrogen) atoms. The lowest BCUT2D eigenvalue weighted by molar-refractivity contribution is 0.334. The van der Waals surface area contributed by atoms with Crippen molar-refractivity contribution in [2.45, 2.75) is 30.4 Å². The lowest BCUT2D eigenvalue weighted by Crippen LogP contribution is -2.28. The minimum atomic E-state index is -3.55. The molecule has 108 valence electrons. The van der Waals surface area contributed by atoms with Crippen LogP contribution >= 0.6 is 11.3 Å². The summed E-state index contributed by atoms with van der Waals surface area (Å²) in [5, 5.41) is 0. The number of nitrogens with zero attached hydrogens (tertiary/aromatic N) is 1. The summed E-state index contributed by atoms with van der Waals surface area (Å²) in [5.74, 6) is 0. The van der Waals surface area contributed by atoms with E-state index in [0.29, 0.717) is 12.2 Å². The second-order valence-corrected chi connectivity index (χ2v) is 7.67. The van der Waals surface area contributed by atoms with E-state index in [0.717, 1.165) is 37.4 Å². The topological polar surface area (TPSA) is 82.3 Å². The fourth-order valence-corrected chi connectivity index (χ4v) is 4.65. The molecule has 1 aliphatic rings. The van der Waals surface area contributed by atoms with Gasteiger partial charge < -0.3 is 9.88 Å². The van der Waals surface area contributed by atoms with Crippen LogP contribution in [0.4, 0.5) is 0 Å². The van der Waals surface area contributed by atoms with Gasteiger partial charge in [0.1, 0.15) is 0 Å². The van der Waals surface area contributed by atoms with Gasteiger partial charge in [-0.25, -0.2) is 13.1 Å². The van der Waals surface area contributed by atoms with Crippen molar-refractivity contribution in [1.29, 1.82) is 0 Å². The maximum absolute atomic E-state index is 12.0. The highest BCUT2D eigenvalue weighted by Gasteiger charge is 2.20. The molecule has 1 aliphatic heterocycles. The molecule has 6 nitrogen and oxygen atoms in total. The second kappa shape index (κ2) is 6.17. The van der Waals surface area contributed by atoms with Gasteiger partial charge in [0.05, 0.1) is 0 Å². The Balaban J connectivity index is 1.84. The van der Waals surface area contributed by atoms with Crippen LogP contribution in [0.2, 0.25) is 0 Å². The molecule has 0 aromatic carbocycles. The van der Waals surface area contributed by atoms with Crippen molar-refractivity contribution >= 4 is 21.4 Å². The van der Waals surface area contributed by atoms with E-state index in [9.17, 15) is 13.2 Å². The molecule has 0 bridgehead atoms. The van der Waals surface area contributed by atoms with Crippen LogP contribution in [0.25, 0.3) is 0 Å². The Morgan fingerprint density at radius 1 is 1.37 bits per heavy atom. The molecule has 0 spiro atoms. The van der Waals surface area contributed by atoms with E-state index >= 15 is 0 Å². The van der Waals surface area contributed by atoms with E-state index in [4.69, 9.17) is 0 Å². The van der Waals surface area contributed by atoms with Crippen LogP contribution in [0, 0.1) is 6.92 Å². The van der Waals surface area contributed by atoms with Gasteiger partial charge in [-0.1, -0.05) is 11.3 Å². The molecular weight excluding hydrogens is 286 g/mol. The number of nitrogens with one attached hydrogen (secondary N) is 2. The van der Waals surface area contributed by atoms with Gasteiger partial charge in [-0.05, 0) is 45.8 Å². The van der Waals surface area contributed by atoms with E-state index in [1.807, 2.05) is 0 Å². The zero-order valence-electron chi connectivity index (χ0n) is 10.9. The molecule has 0 atom stereocenters. The summed E-state index contributed by atoms with van der Waals surface area (Å²) >= 11 is 0.733. The molecule has 0 radical (unpaired) electrons. The van der Waals surface area contributed by atoms with Gasteiger partial charge in [-0.3, -0.25) is 4.79 Å². The van der Waals surface area contributed by atoms with Crippen LogP contribution in [0.5, 0.6) is 0 Å². The highest BCUT2D eigenvalue weighted by atomic mass is 32.2. The van der Waals surface area contributed by atoms with Gasteiger partial charge in [0.15, 0.2) is 4.21 Å². The van der Waals surface area contributed by atoms with Crippen LogP contribution in [0.15, 0.2) is 9.00 Å². The van der Waals surface area contributed by atoms with Crippen molar-refractivity contribution in [3.8, 4) is 0 Å². The van der Waals surface area contributed by atoms with Gasteiger partial charge in [0.25, 0.3) is 10.0 Å². The average Bonchev–Trinajstić information content (AvgIpc) is 2.94. The predicted molar refractivity (Wildman–Crippen MR) is 75.2 cm³/mol. The van der Waals surface area contributed by atoms with Gasteiger partial charge >= 0.3 is 4.87 Å². The number of aromatic amines is 1. The SMILES string of the molecule is Cc1[nH]c(=O)sc1S(=O)(=O)NCCCN1CCCC1. The number of thiazole rings is 1. The van der Waals surface area contributed by atoms with E-state index in [2.05, 4.69) is 14.6 Å². The molecule has 1 aromatic rings. The first-order valence-corrected chi connectivity index (χ1v) is 8.71. The molecule has 1 aromatic heterocycles. The number of sulfonamides is 1. The fraction of sp³-hybridized carbons (Fsp3) is 0.727. The summed E-state index contributed by atoms with van der Waals surface area (Å²) in [4.78, 5) is 15.6. The molecule has 0 aliphatic carbocycles.